The van der Waals surface area contributed by atoms with Crippen LogP contribution >= 0.6 is 15.9 Å². The van der Waals surface area contributed by atoms with Crippen molar-refractivity contribution in [3.8, 4) is 0 Å². The maximum absolute atomic E-state index is 6.26. The first-order chi connectivity index (χ1) is 8.13. The van der Waals surface area contributed by atoms with Gasteiger partial charge in [0.05, 0.1) is 28.6 Å². The van der Waals surface area contributed by atoms with Gasteiger partial charge in [-0.2, -0.15) is 10.2 Å². The zero-order chi connectivity index (χ0) is 12.4. The van der Waals surface area contributed by atoms with Crippen LogP contribution in [0, 0.1) is 0 Å². The Hall–Kier alpha value is -1.14. The van der Waals surface area contributed by atoms with Gasteiger partial charge in [0.1, 0.15) is 0 Å². The van der Waals surface area contributed by atoms with E-state index in [1.807, 2.05) is 17.9 Å². The van der Waals surface area contributed by atoms with Crippen LogP contribution in [0.25, 0.3) is 0 Å². The quantitative estimate of drug-likeness (QED) is 0.937. The number of rotatable bonds is 4. The number of halogens is 1. The minimum atomic E-state index is -0.202. The van der Waals surface area contributed by atoms with Crippen molar-refractivity contribution in [1.29, 1.82) is 0 Å². The lowest BCUT2D eigenvalue weighted by Gasteiger charge is -2.13. The van der Waals surface area contributed by atoms with Gasteiger partial charge in [-0.25, -0.2) is 0 Å². The highest BCUT2D eigenvalue weighted by Crippen LogP contribution is 2.26. The fraction of sp³-hybridized carbons (Fsp3) is 0.455. The molecule has 2 rings (SSSR count). The molecule has 0 bridgehead atoms. The van der Waals surface area contributed by atoms with Gasteiger partial charge in [-0.1, -0.05) is 6.92 Å². The lowest BCUT2D eigenvalue weighted by Crippen LogP contribution is -2.17. The summed E-state index contributed by atoms with van der Waals surface area (Å²) >= 11 is 3.50. The van der Waals surface area contributed by atoms with Gasteiger partial charge in [0.2, 0.25) is 0 Å². The maximum atomic E-state index is 6.26. The third-order valence-electron chi connectivity index (χ3n) is 2.65. The standard InChI is InChI=1S/C11H16BrN5/c1-3-4-17-11(9(12)6-15-17)10(13)8-5-14-16(2)7-8/h5-7,10H,3-4,13H2,1-2H3. The van der Waals surface area contributed by atoms with Crippen molar-refractivity contribution in [2.24, 2.45) is 12.8 Å². The molecule has 0 aromatic carbocycles. The Kier molecular flexibility index (Phi) is 3.63. The van der Waals surface area contributed by atoms with Crippen LogP contribution in [0.2, 0.25) is 0 Å². The Morgan fingerprint density at radius 3 is 2.76 bits per heavy atom. The summed E-state index contributed by atoms with van der Waals surface area (Å²) in [7, 11) is 1.88. The molecular formula is C11H16BrN5. The van der Waals surface area contributed by atoms with Crippen LogP contribution in [0.1, 0.15) is 30.6 Å². The van der Waals surface area contributed by atoms with Crippen LogP contribution in [-0.4, -0.2) is 19.6 Å². The molecule has 0 aliphatic carbocycles. The van der Waals surface area contributed by atoms with E-state index >= 15 is 0 Å². The molecule has 2 heterocycles. The maximum Gasteiger partial charge on any atom is 0.0765 e. The van der Waals surface area contributed by atoms with Gasteiger partial charge in [-0.15, -0.1) is 0 Å². The van der Waals surface area contributed by atoms with E-state index in [0.29, 0.717) is 0 Å². The largest absolute Gasteiger partial charge is 0.319 e. The van der Waals surface area contributed by atoms with Crippen molar-refractivity contribution in [2.75, 3.05) is 0 Å². The van der Waals surface area contributed by atoms with Crippen LogP contribution in [0.5, 0.6) is 0 Å². The summed E-state index contributed by atoms with van der Waals surface area (Å²) < 4.78 is 4.65. The van der Waals surface area contributed by atoms with Gasteiger partial charge in [0.25, 0.3) is 0 Å². The van der Waals surface area contributed by atoms with Crippen LogP contribution < -0.4 is 5.73 Å². The fourth-order valence-electron chi connectivity index (χ4n) is 1.83. The van der Waals surface area contributed by atoms with E-state index in [1.54, 1.807) is 17.1 Å². The predicted octanol–water partition coefficient (Wildman–Crippen LogP) is 1.84. The summed E-state index contributed by atoms with van der Waals surface area (Å²) in [5, 5.41) is 8.47. The van der Waals surface area contributed by atoms with Gasteiger partial charge in [0, 0.05) is 25.4 Å². The molecule has 2 N–H and O–H groups in total. The number of nitrogens with two attached hydrogens (primary N) is 1. The van der Waals surface area contributed by atoms with Gasteiger partial charge in [-0.3, -0.25) is 9.36 Å². The van der Waals surface area contributed by atoms with Crippen molar-refractivity contribution in [3.63, 3.8) is 0 Å². The van der Waals surface area contributed by atoms with Crippen LogP contribution in [0.15, 0.2) is 23.1 Å². The first-order valence-corrected chi connectivity index (χ1v) is 6.38. The molecule has 2 aromatic rings. The number of hydrogen-bond donors (Lipinski definition) is 1. The molecule has 1 atom stereocenters. The molecule has 0 spiro atoms. The highest BCUT2D eigenvalue weighted by atomic mass is 79.9. The van der Waals surface area contributed by atoms with Gasteiger partial charge in [0.15, 0.2) is 0 Å². The number of aryl methyl sites for hydroxylation is 2. The summed E-state index contributed by atoms with van der Waals surface area (Å²) in [6.07, 6.45) is 6.54. The number of aromatic nitrogens is 4. The monoisotopic (exact) mass is 297 g/mol. The molecule has 0 fully saturated rings. The first kappa shape index (κ1) is 12.3. The van der Waals surface area contributed by atoms with E-state index in [1.165, 1.54) is 0 Å². The van der Waals surface area contributed by atoms with E-state index in [0.717, 1.165) is 28.7 Å². The predicted molar refractivity (Wildman–Crippen MR) is 69.5 cm³/mol. The molecular weight excluding hydrogens is 282 g/mol. The van der Waals surface area contributed by atoms with E-state index in [9.17, 15) is 0 Å². The Labute approximate surface area is 109 Å². The van der Waals surface area contributed by atoms with Crippen LogP contribution in [-0.2, 0) is 13.6 Å². The molecule has 5 nitrogen and oxygen atoms in total. The van der Waals surface area contributed by atoms with Crippen LogP contribution in [0.4, 0.5) is 0 Å². The molecule has 17 heavy (non-hydrogen) atoms. The normalized spacial score (nSPS) is 12.9. The second-order valence-electron chi connectivity index (χ2n) is 4.03. The summed E-state index contributed by atoms with van der Waals surface area (Å²) in [6, 6.07) is -0.202. The Bertz CT molecular complexity index is 502. The minimum Gasteiger partial charge on any atom is -0.319 e. The average Bonchev–Trinajstić information content (AvgIpc) is 2.86. The zero-order valence-electron chi connectivity index (χ0n) is 9.97. The van der Waals surface area contributed by atoms with E-state index < -0.39 is 0 Å². The number of hydrogen-bond acceptors (Lipinski definition) is 3. The smallest absolute Gasteiger partial charge is 0.0765 e. The van der Waals surface area contributed by atoms with Crippen molar-refractivity contribution >= 4 is 15.9 Å². The third-order valence-corrected chi connectivity index (χ3v) is 3.26. The second-order valence-corrected chi connectivity index (χ2v) is 4.88. The fourth-order valence-corrected chi connectivity index (χ4v) is 2.37. The summed E-state index contributed by atoms with van der Waals surface area (Å²) in [5.41, 5.74) is 8.25. The van der Waals surface area contributed by atoms with Crippen molar-refractivity contribution in [2.45, 2.75) is 25.9 Å². The van der Waals surface area contributed by atoms with Crippen molar-refractivity contribution < 1.29 is 0 Å². The summed E-state index contributed by atoms with van der Waals surface area (Å²) in [4.78, 5) is 0. The van der Waals surface area contributed by atoms with Gasteiger partial charge >= 0.3 is 0 Å². The molecule has 2 aromatic heterocycles. The van der Waals surface area contributed by atoms with Crippen molar-refractivity contribution in [1.82, 2.24) is 19.6 Å². The molecule has 6 heteroatoms. The lowest BCUT2D eigenvalue weighted by molar-refractivity contribution is 0.558. The molecule has 0 saturated heterocycles. The highest BCUT2D eigenvalue weighted by Gasteiger charge is 2.19. The third kappa shape index (κ3) is 2.42. The van der Waals surface area contributed by atoms with E-state index in [-0.39, 0.29) is 6.04 Å². The first-order valence-electron chi connectivity index (χ1n) is 5.58. The van der Waals surface area contributed by atoms with Gasteiger partial charge < -0.3 is 5.73 Å². The topological polar surface area (TPSA) is 61.7 Å². The Morgan fingerprint density at radius 1 is 1.41 bits per heavy atom. The van der Waals surface area contributed by atoms with Crippen molar-refractivity contribution in [3.05, 3.63) is 34.3 Å². The molecule has 0 saturated carbocycles. The molecule has 0 amide bonds. The van der Waals surface area contributed by atoms with Gasteiger partial charge in [-0.05, 0) is 22.4 Å². The lowest BCUT2D eigenvalue weighted by atomic mass is 10.1. The second kappa shape index (κ2) is 5.01. The minimum absolute atomic E-state index is 0.202. The molecule has 0 radical (unpaired) electrons. The highest BCUT2D eigenvalue weighted by molar-refractivity contribution is 9.10. The Morgan fingerprint density at radius 2 is 2.18 bits per heavy atom. The Balaban J connectivity index is 2.35. The SMILES string of the molecule is CCCn1ncc(Br)c1C(N)c1cnn(C)c1. The number of nitrogens with zero attached hydrogens (tertiary/aromatic N) is 4. The summed E-state index contributed by atoms with van der Waals surface area (Å²) in [6.45, 7) is 2.99. The molecule has 1 unspecified atom stereocenters. The van der Waals surface area contributed by atoms with E-state index in [2.05, 4.69) is 33.1 Å². The van der Waals surface area contributed by atoms with Crippen LogP contribution in [0.3, 0.4) is 0 Å². The molecule has 0 aliphatic rings. The molecule has 0 aliphatic heterocycles. The van der Waals surface area contributed by atoms with E-state index in [4.69, 9.17) is 5.73 Å². The summed E-state index contributed by atoms with van der Waals surface area (Å²) in [5.74, 6) is 0. The average molecular weight is 298 g/mol. The molecule has 92 valence electrons. The zero-order valence-corrected chi connectivity index (χ0v) is 11.6.